The Morgan fingerprint density at radius 1 is 1.37 bits per heavy atom. The fraction of sp³-hybridized carbons (Fsp3) is 0.462. The molecule has 19 heavy (non-hydrogen) atoms. The molecule has 1 aromatic rings. The molecule has 0 spiro atoms. The van der Waals surface area contributed by atoms with Crippen molar-refractivity contribution in [3.05, 3.63) is 18.2 Å². The zero-order valence-electron chi connectivity index (χ0n) is 10.5. The molecule has 2 rings (SSSR count). The third kappa shape index (κ3) is 3.33. The molecular formula is C13H15F2NO3. The van der Waals surface area contributed by atoms with Gasteiger partial charge in [0.15, 0.2) is 11.5 Å². The third-order valence-electron chi connectivity index (χ3n) is 3.12. The molecule has 0 aromatic heterocycles. The van der Waals surface area contributed by atoms with Gasteiger partial charge in [-0.1, -0.05) is 6.42 Å². The smallest absolute Gasteiger partial charge is 0.387 e. The quantitative estimate of drug-likeness (QED) is 0.895. The summed E-state index contributed by atoms with van der Waals surface area (Å²) in [4.78, 5) is 11.8. The van der Waals surface area contributed by atoms with Crippen LogP contribution in [0.1, 0.15) is 19.3 Å². The first-order valence-corrected chi connectivity index (χ1v) is 6.04. The van der Waals surface area contributed by atoms with Gasteiger partial charge in [0.25, 0.3) is 0 Å². The van der Waals surface area contributed by atoms with Gasteiger partial charge in [-0.25, -0.2) is 0 Å². The first kappa shape index (κ1) is 13.6. The van der Waals surface area contributed by atoms with E-state index in [9.17, 15) is 13.6 Å². The Balaban J connectivity index is 2.10. The lowest BCUT2D eigenvalue weighted by Gasteiger charge is -2.24. The van der Waals surface area contributed by atoms with Crippen molar-refractivity contribution in [2.24, 2.45) is 5.92 Å². The van der Waals surface area contributed by atoms with Crippen LogP contribution in [-0.2, 0) is 4.79 Å². The minimum atomic E-state index is -2.94. The van der Waals surface area contributed by atoms with Gasteiger partial charge in [-0.2, -0.15) is 8.78 Å². The summed E-state index contributed by atoms with van der Waals surface area (Å²) in [7, 11) is 1.36. The van der Waals surface area contributed by atoms with Gasteiger partial charge in [-0.15, -0.1) is 0 Å². The Hall–Kier alpha value is -1.85. The second-order valence-corrected chi connectivity index (χ2v) is 4.36. The molecule has 4 nitrogen and oxygen atoms in total. The predicted molar refractivity (Wildman–Crippen MR) is 65.6 cm³/mol. The van der Waals surface area contributed by atoms with Gasteiger partial charge in [-0.05, 0) is 25.0 Å². The summed E-state index contributed by atoms with van der Waals surface area (Å²) in [5, 5.41) is 2.69. The van der Waals surface area contributed by atoms with Crippen molar-refractivity contribution in [2.75, 3.05) is 12.4 Å². The van der Waals surface area contributed by atoms with E-state index in [0.717, 1.165) is 19.3 Å². The summed E-state index contributed by atoms with van der Waals surface area (Å²) in [5.41, 5.74) is 0.424. The summed E-state index contributed by atoms with van der Waals surface area (Å²) in [6.07, 6.45) is 2.81. The van der Waals surface area contributed by atoms with Gasteiger partial charge in [0.2, 0.25) is 5.91 Å². The Labute approximate surface area is 109 Å². The zero-order valence-corrected chi connectivity index (χ0v) is 10.5. The number of benzene rings is 1. The van der Waals surface area contributed by atoms with Crippen LogP contribution in [0.15, 0.2) is 18.2 Å². The van der Waals surface area contributed by atoms with Crippen molar-refractivity contribution in [2.45, 2.75) is 25.9 Å². The van der Waals surface area contributed by atoms with Crippen molar-refractivity contribution in [1.82, 2.24) is 0 Å². The maximum Gasteiger partial charge on any atom is 0.387 e. The maximum absolute atomic E-state index is 12.3. The summed E-state index contributed by atoms with van der Waals surface area (Å²) in [6, 6.07) is 4.41. The molecule has 1 aliphatic carbocycles. The topological polar surface area (TPSA) is 47.6 Å². The van der Waals surface area contributed by atoms with Crippen LogP contribution in [0.2, 0.25) is 0 Å². The average molecular weight is 271 g/mol. The molecule has 6 heteroatoms. The first-order valence-electron chi connectivity index (χ1n) is 6.04. The molecule has 0 saturated heterocycles. The highest BCUT2D eigenvalue weighted by molar-refractivity contribution is 5.93. The van der Waals surface area contributed by atoms with Crippen LogP contribution >= 0.6 is 0 Å². The molecule has 1 fully saturated rings. The lowest BCUT2D eigenvalue weighted by atomic mass is 9.85. The van der Waals surface area contributed by atoms with E-state index in [1.165, 1.54) is 19.2 Å². The number of hydrogen-bond donors (Lipinski definition) is 1. The van der Waals surface area contributed by atoms with Gasteiger partial charge < -0.3 is 14.8 Å². The SMILES string of the molecule is COc1ccc(NC(=O)C2CCC2)cc1OC(F)F. The van der Waals surface area contributed by atoms with E-state index in [1.807, 2.05) is 0 Å². The molecule has 0 atom stereocenters. The van der Waals surface area contributed by atoms with E-state index < -0.39 is 6.61 Å². The van der Waals surface area contributed by atoms with Gasteiger partial charge in [0, 0.05) is 17.7 Å². The van der Waals surface area contributed by atoms with E-state index in [2.05, 4.69) is 10.1 Å². The summed E-state index contributed by atoms with van der Waals surface area (Å²) in [6.45, 7) is -2.94. The van der Waals surface area contributed by atoms with Gasteiger partial charge >= 0.3 is 6.61 Å². The number of hydrogen-bond acceptors (Lipinski definition) is 3. The largest absolute Gasteiger partial charge is 0.493 e. The Morgan fingerprint density at radius 3 is 2.63 bits per heavy atom. The van der Waals surface area contributed by atoms with Gasteiger partial charge in [0.05, 0.1) is 7.11 Å². The fourth-order valence-electron chi connectivity index (χ4n) is 1.86. The molecule has 1 aromatic carbocycles. The second kappa shape index (κ2) is 5.86. The standard InChI is InChI=1S/C13H15F2NO3/c1-18-10-6-5-9(7-11(10)19-13(14)15)16-12(17)8-3-2-4-8/h5-8,13H,2-4H2,1H3,(H,16,17). The van der Waals surface area contributed by atoms with E-state index >= 15 is 0 Å². The number of nitrogens with one attached hydrogen (secondary N) is 1. The molecule has 0 aliphatic heterocycles. The fourth-order valence-corrected chi connectivity index (χ4v) is 1.86. The van der Waals surface area contributed by atoms with Crippen LogP contribution < -0.4 is 14.8 Å². The third-order valence-corrected chi connectivity index (χ3v) is 3.12. The second-order valence-electron chi connectivity index (χ2n) is 4.36. The van der Waals surface area contributed by atoms with Gasteiger partial charge in [0.1, 0.15) is 0 Å². The highest BCUT2D eigenvalue weighted by atomic mass is 19.3. The van der Waals surface area contributed by atoms with Crippen molar-refractivity contribution in [3.63, 3.8) is 0 Å². The molecule has 0 radical (unpaired) electrons. The number of anilines is 1. The van der Waals surface area contributed by atoms with Crippen molar-refractivity contribution in [1.29, 1.82) is 0 Å². The highest BCUT2D eigenvalue weighted by Gasteiger charge is 2.25. The van der Waals surface area contributed by atoms with E-state index in [0.29, 0.717) is 5.69 Å². The number of ether oxygens (including phenoxy) is 2. The molecular weight excluding hydrogens is 256 g/mol. The minimum absolute atomic E-state index is 0.0292. The zero-order chi connectivity index (χ0) is 13.8. The maximum atomic E-state index is 12.3. The average Bonchev–Trinajstić information content (AvgIpc) is 2.26. The van der Waals surface area contributed by atoms with E-state index in [-0.39, 0.29) is 23.3 Å². The van der Waals surface area contributed by atoms with Crippen molar-refractivity contribution < 1.29 is 23.0 Å². The summed E-state index contributed by atoms with van der Waals surface area (Å²) < 4.78 is 33.8. The lowest BCUT2D eigenvalue weighted by molar-refractivity contribution is -0.122. The van der Waals surface area contributed by atoms with Crippen molar-refractivity contribution >= 4 is 11.6 Å². The molecule has 1 saturated carbocycles. The highest BCUT2D eigenvalue weighted by Crippen LogP contribution is 2.33. The molecule has 1 amide bonds. The van der Waals surface area contributed by atoms with Crippen LogP contribution in [0.5, 0.6) is 11.5 Å². The Bertz CT molecular complexity index is 461. The van der Waals surface area contributed by atoms with Crippen LogP contribution in [0, 0.1) is 5.92 Å². The van der Waals surface area contributed by atoms with Crippen LogP contribution in [0.25, 0.3) is 0 Å². The number of rotatable bonds is 5. The molecule has 0 heterocycles. The Kier molecular flexibility index (Phi) is 4.19. The van der Waals surface area contributed by atoms with E-state index in [1.54, 1.807) is 6.07 Å². The molecule has 0 unspecified atom stereocenters. The summed E-state index contributed by atoms with van der Waals surface area (Å²) >= 11 is 0. The van der Waals surface area contributed by atoms with E-state index in [4.69, 9.17) is 4.74 Å². The molecule has 1 aliphatic rings. The normalized spacial score (nSPS) is 14.9. The minimum Gasteiger partial charge on any atom is -0.493 e. The Morgan fingerprint density at radius 2 is 2.11 bits per heavy atom. The number of alkyl halides is 2. The first-order chi connectivity index (χ1) is 9.10. The lowest BCUT2D eigenvalue weighted by Crippen LogP contribution is -2.28. The number of carbonyl (C=O) groups excluding carboxylic acids is 1. The predicted octanol–water partition coefficient (Wildman–Crippen LogP) is 3.04. The van der Waals surface area contributed by atoms with Crippen LogP contribution in [0.3, 0.4) is 0 Å². The molecule has 0 bridgehead atoms. The number of carbonyl (C=O) groups is 1. The monoisotopic (exact) mass is 271 g/mol. The van der Waals surface area contributed by atoms with Crippen LogP contribution in [0.4, 0.5) is 14.5 Å². The number of amides is 1. The van der Waals surface area contributed by atoms with Gasteiger partial charge in [-0.3, -0.25) is 4.79 Å². The summed E-state index contributed by atoms with van der Waals surface area (Å²) in [5.74, 6) is 0.0480. The number of methoxy groups -OCH3 is 1. The number of halogens is 2. The van der Waals surface area contributed by atoms with Crippen molar-refractivity contribution in [3.8, 4) is 11.5 Å². The van der Waals surface area contributed by atoms with Crippen LogP contribution in [-0.4, -0.2) is 19.6 Å². The molecule has 1 N–H and O–H groups in total. The molecule has 104 valence electrons.